The molecule has 0 radical (unpaired) electrons. The van der Waals surface area contributed by atoms with Crippen LogP contribution in [0.3, 0.4) is 0 Å². The fourth-order valence-corrected chi connectivity index (χ4v) is 2.45. The first kappa shape index (κ1) is 16.0. The Morgan fingerprint density at radius 1 is 1.17 bits per heavy atom. The van der Waals surface area contributed by atoms with Crippen molar-refractivity contribution in [1.29, 1.82) is 0 Å². The van der Waals surface area contributed by atoms with Crippen LogP contribution in [0.5, 0.6) is 17.2 Å². The molecule has 1 aliphatic heterocycles. The van der Waals surface area contributed by atoms with Crippen molar-refractivity contribution in [3.8, 4) is 17.2 Å². The highest BCUT2D eigenvalue weighted by Gasteiger charge is 2.22. The summed E-state index contributed by atoms with van der Waals surface area (Å²) in [5, 5.41) is 0. The fraction of sp³-hybridized carbons (Fsp3) is 0.167. The lowest BCUT2D eigenvalue weighted by atomic mass is 9.98. The van der Waals surface area contributed by atoms with Gasteiger partial charge < -0.3 is 14.2 Å². The number of halogens is 2. The fourth-order valence-electron chi connectivity index (χ4n) is 2.45. The lowest BCUT2D eigenvalue weighted by Crippen LogP contribution is -2.18. The first-order chi connectivity index (χ1) is 11.6. The van der Waals surface area contributed by atoms with Gasteiger partial charge in [-0.25, -0.2) is 0 Å². The van der Waals surface area contributed by atoms with Crippen LogP contribution in [0.15, 0.2) is 48.0 Å². The molecule has 124 valence electrons. The van der Waals surface area contributed by atoms with E-state index < -0.39 is 6.61 Å². The minimum absolute atomic E-state index is 0.0913. The number of alkyl halides is 2. The van der Waals surface area contributed by atoms with Crippen LogP contribution in [0.4, 0.5) is 8.78 Å². The van der Waals surface area contributed by atoms with Gasteiger partial charge in [-0.2, -0.15) is 8.78 Å². The van der Waals surface area contributed by atoms with Crippen LogP contribution in [-0.2, 0) is 0 Å². The number of ketones is 1. The predicted molar refractivity (Wildman–Crippen MR) is 83.9 cm³/mol. The average Bonchev–Trinajstić information content (AvgIpc) is 2.57. The molecule has 3 rings (SSSR count). The van der Waals surface area contributed by atoms with E-state index in [9.17, 15) is 13.6 Å². The van der Waals surface area contributed by atoms with Crippen LogP contribution in [0.1, 0.15) is 15.9 Å². The monoisotopic (exact) mass is 332 g/mol. The van der Waals surface area contributed by atoms with E-state index in [1.54, 1.807) is 36.4 Å². The smallest absolute Gasteiger partial charge is 0.387 e. The van der Waals surface area contributed by atoms with Crippen LogP contribution in [0, 0.1) is 0 Å². The number of Topliss-reactive ketones (excluding diaryl/α,β-unsaturated/α-hetero) is 1. The van der Waals surface area contributed by atoms with E-state index in [1.807, 2.05) is 0 Å². The molecule has 0 saturated heterocycles. The minimum Gasteiger partial charge on any atom is -0.493 e. The second-order valence-corrected chi connectivity index (χ2v) is 5.07. The predicted octanol–water partition coefficient (Wildman–Crippen LogP) is 3.96. The number of carbonyl (C=O) groups is 1. The summed E-state index contributed by atoms with van der Waals surface area (Å²) in [5.74, 6) is 0.487. The number of benzene rings is 2. The van der Waals surface area contributed by atoms with Gasteiger partial charge in [-0.1, -0.05) is 18.2 Å². The Bertz CT molecular complexity index is 799. The molecule has 1 aliphatic rings. The normalized spacial score (nSPS) is 15.2. The van der Waals surface area contributed by atoms with Crippen molar-refractivity contribution in [2.45, 2.75) is 6.61 Å². The maximum Gasteiger partial charge on any atom is 0.387 e. The molecule has 0 bridgehead atoms. The average molecular weight is 332 g/mol. The SMILES string of the molecule is COc1ccc(C=C2COc3ccccc3C2=O)cc1OC(F)F. The highest BCUT2D eigenvalue weighted by Crippen LogP contribution is 2.32. The molecule has 0 aromatic heterocycles. The summed E-state index contributed by atoms with van der Waals surface area (Å²) in [6, 6.07) is 11.5. The van der Waals surface area contributed by atoms with Crippen LogP contribution in [-0.4, -0.2) is 26.1 Å². The van der Waals surface area contributed by atoms with Crippen LogP contribution in [0.25, 0.3) is 6.08 Å². The van der Waals surface area contributed by atoms with Crippen molar-refractivity contribution >= 4 is 11.9 Å². The van der Waals surface area contributed by atoms with Gasteiger partial charge in [-0.15, -0.1) is 0 Å². The molecular weight excluding hydrogens is 318 g/mol. The van der Waals surface area contributed by atoms with Crippen LogP contribution < -0.4 is 14.2 Å². The van der Waals surface area contributed by atoms with E-state index in [2.05, 4.69) is 4.74 Å². The Kier molecular flexibility index (Phi) is 4.46. The van der Waals surface area contributed by atoms with Crippen molar-refractivity contribution in [1.82, 2.24) is 0 Å². The van der Waals surface area contributed by atoms with Crippen LogP contribution >= 0.6 is 0 Å². The van der Waals surface area contributed by atoms with Crippen molar-refractivity contribution < 1.29 is 27.8 Å². The number of hydrogen-bond donors (Lipinski definition) is 0. The number of para-hydroxylation sites is 1. The third-order valence-electron chi connectivity index (χ3n) is 3.55. The molecule has 0 aliphatic carbocycles. The van der Waals surface area contributed by atoms with E-state index in [0.29, 0.717) is 22.4 Å². The number of ether oxygens (including phenoxy) is 3. The van der Waals surface area contributed by atoms with Crippen LogP contribution in [0.2, 0.25) is 0 Å². The molecule has 24 heavy (non-hydrogen) atoms. The Morgan fingerprint density at radius 3 is 2.71 bits per heavy atom. The van der Waals surface area contributed by atoms with Gasteiger partial charge in [0.25, 0.3) is 0 Å². The summed E-state index contributed by atoms with van der Waals surface area (Å²) in [7, 11) is 1.36. The molecule has 2 aromatic rings. The first-order valence-electron chi connectivity index (χ1n) is 7.18. The number of methoxy groups -OCH3 is 1. The Morgan fingerprint density at radius 2 is 1.96 bits per heavy atom. The van der Waals surface area contributed by atoms with E-state index in [1.165, 1.54) is 19.2 Å². The molecule has 2 aromatic carbocycles. The second-order valence-electron chi connectivity index (χ2n) is 5.07. The molecule has 0 unspecified atom stereocenters. The summed E-state index contributed by atoms with van der Waals surface area (Å²) < 4.78 is 40.0. The van der Waals surface area contributed by atoms with Crippen molar-refractivity contribution in [3.05, 3.63) is 59.2 Å². The van der Waals surface area contributed by atoms with E-state index >= 15 is 0 Å². The third-order valence-corrected chi connectivity index (χ3v) is 3.55. The summed E-state index contributed by atoms with van der Waals surface area (Å²) >= 11 is 0. The molecular formula is C18H14F2O4. The van der Waals surface area contributed by atoms with Gasteiger partial charge in [0.2, 0.25) is 0 Å². The van der Waals surface area contributed by atoms with Gasteiger partial charge in [0.05, 0.1) is 12.7 Å². The summed E-state index contributed by atoms with van der Waals surface area (Å²) in [5.41, 5.74) is 1.45. The maximum atomic E-state index is 12.5. The maximum absolute atomic E-state index is 12.5. The standard InChI is InChI=1S/C18H14F2O4/c1-22-15-7-6-11(9-16(15)24-18(19)20)8-12-10-23-14-5-3-2-4-13(14)17(12)21/h2-9,18H,10H2,1H3. The molecule has 0 atom stereocenters. The lowest BCUT2D eigenvalue weighted by Gasteiger charge is -2.18. The zero-order chi connectivity index (χ0) is 17.1. The molecule has 0 amide bonds. The highest BCUT2D eigenvalue weighted by molar-refractivity contribution is 6.14. The zero-order valence-electron chi connectivity index (χ0n) is 12.8. The van der Waals surface area contributed by atoms with Gasteiger partial charge in [0.15, 0.2) is 17.3 Å². The Labute approximate surface area is 137 Å². The topological polar surface area (TPSA) is 44.8 Å². The number of rotatable bonds is 4. The molecule has 6 heteroatoms. The zero-order valence-corrected chi connectivity index (χ0v) is 12.8. The largest absolute Gasteiger partial charge is 0.493 e. The first-order valence-corrected chi connectivity index (χ1v) is 7.18. The van der Waals surface area contributed by atoms with Gasteiger partial charge in [0.1, 0.15) is 12.4 Å². The number of fused-ring (bicyclic) bond motifs is 1. The van der Waals surface area contributed by atoms with Gasteiger partial charge in [-0.3, -0.25) is 4.79 Å². The van der Waals surface area contributed by atoms with Gasteiger partial charge >= 0.3 is 6.61 Å². The third kappa shape index (κ3) is 3.22. The van der Waals surface area contributed by atoms with Crippen molar-refractivity contribution in [2.24, 2.45) is 0 Å². The van der Waals surface area contributed by atoms with E-state index in [-0.39, 0.29) is 23.9 Å². The van der Waals surface area contributed by atoms with Crippen molar-refractivity contribution in [2.75, 3.05) is 13.7 Å². The summed E-state index contributed by atoms with van der Waals surface area (Å²) in [6.07, 6.45) is 1.59. The van der Waals surface area contributed by atoms with E-state index in [4.69, 9.17) is 9.47 Å². The Balaban J connectivity index is 1.93. The molecule has 0 N–H and O–H groups in total. The molecule has 0 fully saturated rings. The quantitative estimate of drug-likeness (QED) is 0.795. The number of hydrogen-bond acceptors (Lipinski definition) is 4. The Hall–Kier alpha value is -2.89. The molecule has 0 saturated carbocycles. The van der Waals surface area contributed by atoms with E-state index in [0.717, 1.165) is 0 Å². The molecule has 1 heterocycles. The minimum atomic E-state index is -2.96. The van der Waals surface area contributed by atoms with Gasteiger partial charge in [-0.05, 0) is 35.9 Å². The highest BCUT2D eigenvalue weighted by atomic mass is 19.3. The lowest BCUT2D eigenvalue weighted by molar-refractivity contribution is -0.0512. The summed E-state index contributed by atoms with van der Waals surface area (Å²) in [6.45, 7) is -2.85. The molecule has 0 spiro atoms. The second kappa shape index (κ2) is 6.70. The molecule has 4 nitrogen and oxygen atoms in total. The van der Waals surface area contributed by atoms with Crippen molar-refractivity contribution in [3.63, 3.8) is 0 Å². The summed E-state index contributed by atoms with van der Waals surface area (Å²) in [4.78, 5) is 12.5. The van der Waals surface area contributed by atoms with Gasteiger partial charge in [0, 0.05) is 5.57 Å². The number of carbonyl (C=O) groups excluding carboxylic acids is 1.